The highest BCUT2D eigenvalue weighted by molar-refractivity contribution is 5.94. The Bertz CT molecular complexity index is 750. The van der Waals surface area contributed by atoms with Gasteiger partial charge in [0.1, 0.15) is 5.82 Å². The Morgan fingerprint density at radius 2 is 1.90 bits per heavy atom. The van der Waals surface area contributed by atoms with Crippen LogP contribution in [0.1, 0.15) is 32.7 Å². The number of H-pyrrole nitrogens is 1. The van der Waals surface area contributed by atoms with Crippen molar-refractivity contribution in [2.45, 2.75) is 27.3 Å². The third-order valence-corrected chi connectivity index (χ3v) is 3.35. The van der Waals surface area contributed by atoms with Crippen LogP contribution in [0.5, 0.6) is 0 Å². The van der Waals surface area contributed by atoms with E-state index >= 15 is 0 Å². The fourth-order valence-corrected chi connectivity index (χ4v) is 2.11. The zero-order valence-corrected chi connectivity index (χ0v) is 12.2. The van der Waals surface area contributed by atoms with E-state index in [9.17, 15) is 14.0 Å². The highest BCUT2D eigenvalue weighted by Gasteiger charge is 2.10. The molecule has 1 aromatic carbocycles. The molecule has 110 valence electrons. The Kier molecular flexibility index (Phi) is 4.21. The molecule has 1 aromatic heterocycles. The van der Waals surface area contributed by atoms with Gasteiger partial charge in [0, 0.05) is 23.4 Å². The Hall–Kier alpha value is -2.43. The number of pyridine rings is 1. The van der Waals surface area contributed by atoms with E-state index < -0.39 is 11.7 Å². The molecular weight excluding hydrogens is 271 g/mol. The van der Waals surface area contributed by atoms with Crippen molar-refractivity contribution in [2.75, 3.05) is 0 Å². The number of hydrogen-bond donors (Lipinski definition) is 2. The Balaban J connectivity index is 2.15. The molecule has 0 aliphatic carbocycles. The summed E-state index contributed by atoms with van der Waals surface area (Å²) in [5, 5.41) is 2.64. The van der Waals surface area contributed by atoms with Gasteiger partial charge in [-0.2, -0.15) is 0 Å². The monoisotopic (exact) mass is 288 g/mol. The maximum Gasteiger partial charge on any atom is 0.253 e. The van der Waals surface area contributed by atoms with Crippen molar-refractivity contribution in [3.63, 3.8) is 0 Å². The standard InChI is InChI=1S/C16H17FN2O2/c1-9-4-5-12(7-14(9)17)15(20)18-8-13-10(2)6-11(3)19-16(13)21/h4-7H,8H2,1-3H3,(H,18,20)(H,19,21). The van der Waals surface area contributed by atoms with Gasteiger partial charge in [-0.1, -0.05) is 6.07 Å². The SMILES string of the molecule is Cc1cc(C)c(CNC(=O)c2ccc(C)c(F)c2)c(=O)[nH]1. The number of carbonyl (C=O) groups excluding carboxylic acids is 1. The van der Waals surface area contributed by atoms with Crippen molar-refractivity contribution in [1.29, 1.82) is 0 Å². The molecule has 2 N–H and O–H groups in total. The van der Waals surface area contributed by atoms with Gasteiger partial charge >= 0.3 is 0 Å². The molecule has 0 aliphatic heterocycles. The summed E-state index contributed by atoms with van der Waals surface area (Å²) in [5.74, 6) is -0.833. The van der Waals surface area contributed by atoms with Crippen LogP contribution in [0.3, 0.4) is 0 Å². The lowest BCUT2D eigenvalue weighted by molar-refractivity contribution is 0.0950. The van der Waals surface area contributed by atoms with Gasteiger partial charge < -0.3 is 10.3 Å². The summed E-state index contributed by atoms with van der Waals surface area (Å²) in [7, 11) is 0. The number of aromatic amines is 1. The molecule has 0 aliphatic rings. The lowest BCUT2D eigenvalue weighted by atomic mass is 10.1. The first-order valence-corrected chi connectivity index (χ1v) is 6.62. The first-order valence-electron chi connectivity index (χ1n) is 6.62. The van der Waals surface area contributed by atoms with E-state index in [1.54, 1.807) is 26.0 Å². The molecule has 1 amide bonds. The Morgan fingerprint density at radius 3 is 2.52 bits per heavy atom. The molecule has 5 heteroatoms. The number of aromatic nitrogens is 1. The van der Waals surface area contributed by atoms with Crippen LogP contribution >= 0.6 is 0 Å². The van der Waals surface area contributed by atoms with Crippen molar-refractivity contribution in [3.05, 3.63) is 68.4 Å². The second-order valence-corrected chi connectivity index (χ2v) is 5.09. The van der Waals surface area contributed by atoms with E-state index in [0.29, 0.717) is 11.1 Å². The van der Waals surface area contributed by atoms with E-state index in [1.807, 2.05) is 13.0 Å². The Labute approximate surface area is 122 Å². The van der Waals surface area contributed by atoms with Crippen LogP contribution in [0.15, 0.2) is 29.1 Å². The number of amides is 1. The molecule has 0 spiro atoms. The summed E-state index contributed by atoms with van der Waals surface area (Å²) in [6, 6.07) is 6.14. The Morgan fingerprint density at radius 1 is 1.19 bits per heavy atom. The molecule has 2 rings (SSSR count). The molecule has 21 heavy (non-hydrogen) atoms. The van der Waals surface area contributed by atoms with Crippen LogP contribution in [0.4, 0.5) is 4.39 Å². The first kappa shape index (κ1) is 15.0. The number of nitrogens with one attached hydrogen (secondary N) is 2. The molecular formula is C16H17FN2O2. The van der Waals surface area contributed by atoms with Gasteiger partial charge in [-0.25, -0.2) is 4.39 Å². The highest BCUT2D eigenvalue weighted by atomic mass is 19.1. The topological polar surface area (TPSA) is 62.0 Å². The summed E-state index contributed by atoms with van der Waals surface area (Å²) in [6.07, 6.45) is 0. The quantitative estimate of drug-likeness (QED) is 0.911. The molecule has 0 fully saturated rings. The number of carbonyl (C=O) groups is 1. The van der Waals surface area contributed by atoms with Crippen molar-refractivity contribution in [1.82, 2.24) is 10.3 Å². The van der Waals surface area contributed by atoms with Crippen LogP contribution in [-0.2, 0) is 6.54 Å². The maximum atomic E-state index is 13.4. The van der Waals surface area contributed by atoms with Gasteiger partial charge in [0.25, 0.3) is 11.5 Å². The van der Waals surface area contributed by atoms with Crippen molar-refractivity contribution in [3.8, 4) is 0 Å². The third kappa shape index (κ3) is 3.37. The molecule has 0 unspecified atom stereocenters. The third-order valence-electron chi connectivity index (χ3n) is 3.35. The molecule has 1 heterocycles. The van der Waals surface area contributed by atoms with Gasteiger partial charge in [-0.15, -0.1) is 0 Å². The zero-order valence-electron chi connectivity index (χ0n) is 12.2. The minimum absolute atomic E-state index is 0.107. The number of hydrogen-bond acceptors (Lipinski definition) is 2. The average Bonchev–Trinajstić information content (AvgIpc) is 2.40. The van der Waals surface area contributed by atoms with Gasteiger partial charge in [0.2, 0.25) is 0 Å². The van der Waals surface area contributed by atoms with Crippen LogP contribution in [0.2, 0.25) is 0 Å². The lowest BCUT2D eigenvalue weighted by Gasteiger charge is -2.08. The number of aryl methyl sites for hydroxylation is 3. The van der Waals surface area contributed by atoms with E-state index in [1.165, 1.54) is 6.07 Å². The largest absolute Gasteiger partial charge is 0.348 e. The van der Waals surface area contributed by atoms with E-state index in [0.717, 1.165) is 11.3 Å². The van der Waals surface area contributed by atoms with Gasteiger partial charge in [-0.3, -0.25) is 9.59 Å². The zero-order chi connectivity index (χ0) is 15.6. The second kappa shape index (κ2) is 5.91. The lowest BCUT2D eigenvalue weighted by Crippen LogP contribution is -2.28. The molecule has 0 bridgehead atoms. The second-order valence-electron chi connectivity index (χ2n) is 5.09. The fourth-order valence-electron chi connectivity index (χ4n) is 2.11. The summed E-state index contributed by atoms with van der Waals surface area (Å²) in [6.45, 7) is 5.35. The van der Waals surface area contributed by atoms with Gasteiger partial charge in [-0.05, 0) is 50.1 Å². The highest BCUT2D eigenvalue weighted by Crippen LogP contribution is 2.09. The van der Waals surface area contributed by atoms with Crippen molar-refractivity contribution in [2.24, 2.45) is 0 Å². The predicted octanol–water partition coefficient (Wildman–Crippen LogP) is 2.37. The smallest absolute Gasteiger partial charge is 0.253 e. The fraction of sp³-hybridized carbons (Fsp3) is 0.250. The minimum Gasteiger partial charge on any atom is -0.348 e. The van der Waals surface area contributed by atoms with Crippen LogP contribution in [0, 0.1) is 26.6 Å². The van der Waals surface area contributed by atoms with Crippen LogP contribution < -0.4 is 10.9 Å². The van der Waals surface area contributed by atoms with Crippen LogP contribution in [0.25, 0.3) is 0 Å². The molecule has 4 nitrogen and oxygen atoms in total. The summed E-state index contributed by atoms with van der Waals surface area (Å²) in [4.78, 5) is 26.5. The van der Waals surface area contributed by atoms with Gasteiger partial charge in [0.15, 0.2) is 0 Å². The summed E-state index contributed by atoms with van der Waals surface area (Å²) < 4.78 is 13.4. The average molecular weight is 288 g/mol. The first-order chi connectivity index (χ1) is 9.88. The normalized spacial score (nSPS) is 10.5. The predicted molar refractivity (Wildman–Crippen MR) is 78.8 cm³/mol. The molecule has 0 saturated heterocycles. The van der Waals surface area contributed by atoms with E-state index in [-0.39, 0.29) is 17.7 Å². The van der Waals surface area contributed by atoms with Crippen LogP contribution in [-0.4, -0.2) is 10.9 Å². The maximum absolute atomic E-state index is 13.4. The molecule has 0 atom stereocenters. The number of benzene rings is 1. The van der Waals surface area contributed by atoms with Crippen molar-refractivity contribution < 1.29 is 9.18 Å². The van der Waals surface area contributed by atoms with E-state index in [4.69, 9.17) is 0 Å². The summed E-state index contributed by atoms with van der Waals surface area (Å²) in [5.41, 5.74) is 2.58. The van der Waals surface area contributed by atoms with Gasteiger partial charge in [0.05, 0.1) is 0 Å². The molecule has 2 aromatic rings. The number of halogens is 1. The van der Waals surface area contributed by atoms with E-state index in [2.05, 4.69) is 10.3 Å². The number of rotatable bonds is 3. The molecule has 0 saturated carbocycles. The molecule has 0 radical (unpaired) electrons. The summed E-state index contributed by atoms with van der Waals surface area (Å²) >= 11 is 0. The minimum atomic E-state index is -0.424. The van der Waals surface area contributed by atoms with Crippen molar-refractivity contribution >= 4 is 5.91 Å².